The Morgan fingerprint density at radius 2 is 1.48 bits per heavy atom. The molecule has 1 aromatic heterocycles. The van der Waals surface area contributed by atoms with Crippen LogP contribution in [0.15, 0.2) is 80.9 Å². The Bertz CT molecular complexity index is 1220. The maximum Gasteiger partial charge on any atom is 0.211 e. The molecule has 0 aliphatic rings. The average molecular weight is 350 g/mol. The van der Waals surface area contributed by atoms with Crippen molar-refractivity contribution in [1.82, 2.24) is 0 Å². The van der Waals surface area contributed by atoms with Crippen LogP contribution >= 0.6 is 0 Å². The number of ketones is 1. The first-order valence-corrected chi connectivity index (χ1v) is 9.23. The number of sulfone groups is 1. The number of carbonyl (C=O) groups excluding carboxylic acids is 1. The Morgan fingerprint density at radius 1 is 0.880 bits per heavy atom. The Morgan fingerprint density at radius 3 is 2.12 bits per heavy atom. The van der Waals surface area contributed by atoms with Gasteiger partial charge in [0.1, 0.15) is 10.5 Å². The molecule has 1 heterocycles. The minimum absolute atomic E-state index is 0.0630. The van der Waals surface area contributed by atoms with Crippen LogP contribution in [0.1, 0.15) is 17.5 Å². The van der Waals surface area contributed by atoms with Gasteiger partial charge in [0.25, 0.3) is 0 Å². The first kappa shape index (κ1) is 15.6. The number of hydrogen-bond acceptors (Lipinski definition) is 4. The van der Waals surface area contributed by atoms with Gasteiger partial charge in [-0.05, 0) is 35.0 Å². The van der Waals surface area contributed by atoms with Gasteiger partial charge in [-0.2, -0.15) is 0 Å². The molecule has 0 radical (unpaired) electrons. The summed E-state index contributed by atoms with van der Waals surface area (Å²) >= 11 is 0. The topological polar surface area (TPSA) is 64.3 Å². The molecular formula is C20H14O4S. The first-order valence-electron chi connectivity index (χ1n) is 7.75. The summed E-state index contributed by atoms with van der Waals surface area (Å²) in [5, 5.41) is 2.23. The summed E-state index contributed by atoms with van der Waals surface area (Å²) in [5.41, 5.74) is 0.387. The highest BCUT2D eigenvalue weighted by atomic mass is 32.2. The van der Waals surface area contributed by atoms with E-state index in [-0.39, 0.29) is 15.6 Å². The van der Waals surface area contributed by atoms with Crippen molar-refractivity contribution in [3.63, 3.8) is 0 Å². The largest absolute Gasteiger partial charge is 0.452 e. The molecule has 0 aliphatic heterocycles. The van der Waals surface area contributed by atoms with Crippen molar-refractivity contribution in [2.45, 2.75) is 16.7 Å². The lowest BCUT2D eigenvalue weighted by Gasteiger charge is -2.04. The predicted octanol–water partition coefficient (Wildman–Crippen LogP) is 4.62. The molecule has 0 atom stereocenters. The monoisotopic (exact) mass is 350 g/mol. The molecule has 0 amide bonds. The fraction of sp³-hybridized carbons (Fsp3) is 0.0500. The van der Waals surface area contributed by atoms with Gasteiger partial charge in [0.15, 0.2) is 11.5 Å². The van der Waals surface area contributed by atoms with Gasteiger partial charge in [0.2, 0.25) is 9.84 Å². The van der Waals surface area contributed by atoms with Crippen molar-refractivity contribution in [2.75, 3.05) is 0 Å². The first-order chi connectivity index (χ1) is 12.0. The van der Waals surface area contributed by atoms with E-state index in [0.29, 0.717) is 11.0 Å². The molecule has 0 spiro atoms. The molecule has 0 saturated heterocycles. The molecular weight excluding hydrogens is 336 g/mol. The normalized spacial score (nSPS) is 11.9. The van der Waals surface area contributed by atoms with Crippen LogP contribution in [-0.2, 0) is 9.84 Å². The van der Waals surface area contributed by atoms with Gasteiger partial charge in [0.05, 0.1) is 4.90 Å². The van der Waals surface area contributed by atoms with E-state index in [9.17, 15) is 13.2 Å². The van der Waals surface area contributed by atoms with Crippen molar-refractivity contribution in [3.8, 4) is 0 Å². The molecule has 0 aliphatic carbocycles. The maximum absolute atomic E-state index is 13.2. The standard InChI is InChI=1S/C20H14O4S/c1-13(21)19-20(25(22,23)16-9-3-2-4-10-16)17-11-14-7-5-6-8-15(14)12-18(17)24-19/h2-12H,1H3. The highest BCUT2D eigenvalue weighted by Crippen LogP contribution is 2.36. The number of hydrogen-bond donors (Lipinski definition) is 0. The highest BCUT2D eigenvalue weighted by molar-refractivity contribution is 7.91. The zero-order valence-corrected chi connectivity index (χ0v) is 14.2. The van der Waals surface area contributed by atoms with Crippen LogP contribution in [0.5, 0.6) is 0 Å². The molecule has 0 unspecified atom stereocenters. The third kappa shape index (κ3) is 2.44. The summed E-state index contributed by atoms with van der Waals surface area (Å²) in [4.78, 5) is 12.1. The smallest absolute Gasteiger partial charge is 0.211 e. The van der Waals surface area contributed by atoms with Crippen LogP contribution in [0.4, 0.5) is 0 Å². The Kier molecular flexibility index (Phi) is 3.47. The Balaban J connectivity index is 2.13. The number of rotatable bonds is 3. The maximum atomic E-state index is 13.2. The predicted molar refractivity (Wildman–Crippen MR) is 95.6 cm³/mol. The molecule has 3 aromatic carbocycles. The van der Waals surface area contributed by atoms with Gasteiger partial charge in [-0.25, -0.2) is 8.42 Å². The molecule has 4 nitrogen and oxygen atoms in total. The molecule has 0 bridgehead atoms. The zero-order valence-electron chi connectivity index (χ0n) is 13.4. The van der Waals surface area contributed by atoms with Crippen LogP contribution in [0, 0.1) is 0 Å². The van der Waals surface area contributed by atoms with Crippen LogP contribution in [0.2, 0.25) is 0 Å². The minimum Gasteiger partial charge on any atom is -0.452 e. The van der Waals surface area contributed by atoms with E-state index in [1.165, 1.54) is 19.1 Å². The summed E-state index contributed by atoms with van der Waals surface area (Å²) in [6.45, 7) is 1.31. The minimum atomic E-state index is -3.88. The van der Waals surface area contributed by atoms with E-state index in [1.54, 1.807) is 30.3 Å². The number of benzene rings is 3. The number of furan rings is 1. The highest BCUT2D eigenvalue weighted by Gasteiger charge is 2.30. The third-order valence-electron chi connectivity index (χ3n) is 4.15. The number of Topliss-reactive ketones (excluding diaryl/α,β-unsaturated/α-hetero) is 1. The lowest BCUT2D eigenvalue weighted by atomic mass is 10.1. The van der Waals surface area contributed by atoms with E-state index >= 15 is 0 Å². The second kappa shape index (κ2) is 5.57. The third-order valence-corrected chi connectivity index (χ3v) is 5.99. The van der Waals surface area contributed by atoms with E-state index in [4.69, 9.17) is 4.42 Å². The molecule has 0 fully saturated rings. The SMILES string of the molecule is CC(=O)c1oc2cc3ccccc3cc2c1S(=O)(=O)c1ccccc1. The van der Waals surface area contributed by atoms with E-state index in [2.05, 4.69) is 0 Å². The van der Waals surface area contributed by atoms with Gasteiger partial charge >= 0.3 is 0 Å². The van der Waals surface area contributed by atoms with Gasteiger partial charge in [-0.3, -0.25) is 4.79 Å². The van der Waals surface area contributed by atoms with Gasteiger partial charge in [-0.15, -0.1) is 0 Å². The van der Waals surface area contributed by atoms with Gasteiger partial charge in [-0.1, -0.05) is 42.5 Å². The van der Waals surface area contributed by atoms with Crippen LogP contribution in [-0.4, -0.2) is 14.2 Å². The quantitative estimate of drug-likeness (QED) is 0.506. The van der Waals surface area contributed by atoms with Gasteiger partial charge in [0, 0.05) is 12.3 Å². The summed E-state index contributed by atoms with van der Waals surface area (Å²) in [6, 6.07) is 19.2. The van der Waals surface area contributed by atoms with E-state index < -0.39 is 15.6 Å². The molecule has 124 valence electrons. The molecule has 25 heavy (non-hydrogen) atoms. The van der Waals surface area contributed by atoms with Crippen LogP contribution in [0.3, 0.4) is 0 Å². The molecule has 4 aromatic rings. The van der Waals surface area contributed by atoms with Gasteiger partial charge < -0.3 is 4.42 Å². The van der Waals surface area contributed by atoms with Crippen molar-refractivity contribution in [3.05, 3.63) is 72.5 Å². The second-order valence-corrected chi connectivity index (χ2v) is 7.72. The second-order valence-electron chi connectivity index (χ2n) is 5.83. The van der Waals surface area contributed by atoms with Crippen molar-refractivity contribution < 1.29 is 17.6 Å². The molecule has 4 rings (SSSR count). The number of fused-ring (bicyclic) bond motifs is 2. The molecule has 0 N–H and O–H groups in total. The van der Waals surface area contributed by atoms with Crippen LogP contribution < -0.4 is 0 Å². The average Bonchev–Trinajstić information content (AvgIpc) is 3.00. The molecule has 5 heteroatoms. The molecule has 0 saturated carbocycles. The van der Waals surface area contributed by atoms with E-state index in [1.807, 2.05) is 24.3 Å². The Labute approximate surface area is 144 Å². The van der Waals surface area contributed by atoms with E-state index in [0.717, 1.165) is 10.8 Å². The summed E-state index contributed by atoms with van der Waals surface area (Å²) in [7, 11) is -3.88. The van der Waals surface area contributed by atoms with Crippen molar-refractivity contribution in [2.24, 2.45) is 0 Å². The fourth-order valence-electron chi connectivity index (χ4n) is 2.98. The fourth-order valence-corrected chi connectivity index (χ4v) is 4.61. The lowest BCUT2D eigenvalue weighted by molar-refractivity contribution is 0.0985. The zero-order chi connectivity index (χ0) is 17.6. The summed E-state index contributed by atoms with van der Waals surface area (Å²) < 4.78 is 32.0. The van der Waals surface area contributed by atoms with Crippen molar-refractivity contribution in [1.29, 1.82) is 0 Å². The summed E-state index contributed by atoms with van der Waals surface area (Å²) in [5.74, 6) is -0.552. The van der Waals surface area contributed by atoms with Crippen molar-refractivity contribution >= 4 is 37.4 Å². The van der Waals surface area contributed by atoms with Crippen LogP contribution in [0.25, 0.3) is 21.7 Å². The Hall–Kier alpha value is -2.92. The summed E-state index contributed by atoms with van der Waals surface area (Å²) in [6.07, 6.45) is 0. The number of carbonyl (C=O) groups is 1. The lowest BCUT2D eigenvalue weighted by Crippen LogP contribution is -2.06.